The van der Waals surface area contributed by atoms with E-state index in [0.717, 1.165) is 36.1 Å². The first-order valence-electron chi connectivity index (χ1n) is 11.1. The molecule has 7 nitrogen and oxygen atoms in total. The van der Waals surface area contributed by atoms with E-state index in [1.165, 1.54) is 22.8 Å². The molecule has 0 spiro atoms. The number of hydrogen-bond acceptors (Lipinski definition) is 6. The first kappa shape index (κ1) is 25.4. The molecule has 2 heterocycles. The number of aryl methyl sites for hydroxylation is 1. The second kappa shape index (κ2) is 10.5. The number of esters is 1. The van der Waals surface area contributed by atoms with Crippen molar-refractivity contribution in [1.82, 2.24) is 4.31 Å². The molecule has 1 N–H and O–H groups in total. The smallest absolute Gasteiger partial charge is 0.341 e. The highest BCUT2D eigenvalue weighted by Crippen LogP contribution is 2.39. The number of ether oxygens (including phenoxy) is 1. The van der Waals surface area contributed by atoms with Crippen LogP contribution in [0.25, 0.3) is 0 Å². The number of amides is 1. The van der Waals surface area contributed by atoms with Crippen LogP contribution in [0.3, 0.4) is 0 Å². The predicted molar refractivity (Wildman–Crippen MR) is 134 cm³/mol. The molecule has 34 heavy (non-hydrogen) atoms. The molecule has 1 aromatic carbocycles. The molecule has 184 valence electrons. The molecule has 0 radical (unpaired) electrons. The van der Waals surface area contributed by atoms with Gasteiger partial charge >= 0.3 is 5.97 Å². The van der Waals surface area contributed by atoms with Gasteiger partial charge in [0.05, 0.1) is 34.4 Å². The molecule has 1 amide bonds. The van der Waals surface area contributed by atoms with Gasteiger partial charge in [-0.2, -0.15) is 0 Å². The van der Waals surface area contributed by atoms with Gasteiger partial charge in [-0.1, -0.05) is 29.3 Å². The Morgan fingerprint density at radius 2 is 1.94 bits per heavy atom. The quantitative estimate of drug-likeness (QED) is 0.522. The summed E-state index contributed by atoms with van der Waals surface area (Å²) in [5.74, 6) is -1.47. The van der Waals surface area contributed by atoms with E-state index in [-0.39, 0.29) is 18.2 Å². The Labute approximate surface area is 213 Å². The SMILES string of the molecule is COC(=O)c1c(NC(=O)[C@@H]2CCCN(S(=O)(=O)Cc3ccc(Cl)c(Cl)c3)C2)sc2c1CCCC2. The number of halogens is 2. The first-order valence-corrected chi connectivity index (χ1v) is 14.3. The van der Waals surface area contributed by atoms with Crippen molar-refractivity contribution in [2.24, 2.45) is 5.92 Å². The van der Waals surface area contributed by atoms with Gasteiger partial charge in [0.2, 0.25) is 15.9 Å². The van der Waals surface area contributed by atoms with E-state index in [1.807, 2.05) is 0 Å². The topological polar surface area (TPSA) is 92.8 Å². The highest BCUT2D eigenvalue weighted by molar-refractivity contribution is 7.88. The monoisotopic (exact) mass is 544 g/mol. The Hall–Kier alpha value is -1.65. The highest BCUT2D eigenvalue weighted by Gasteiger charge is 2.34. The minimum atomic E-state index is -3.65. The summed E-state index contributed by atoms with van der Waals surface area (Å²) in [5.41, 5.74) is 1.94. The van der Waals surface area contributed by atoms with Gasteiger partial charge < -0.3 is 10.1 Å². The highest BCUT2D eigenvalue weighted by atomic mass is 35.5. The predicted octanol–water partition coefficient (Wildman–Crippen LogP) is 4.90. The number of benzene rings is 1. The summed E-state index contributed by atoms with van der Waals surface area (Å²) in [6.45, 7) is 0.447. The Bertz CT molecular complexity index is 1210. The van der Waals surface area contributed by atoms with Gasteiger partial charge in [-0.15, -0.1) is 11.3 Å². The van der Waals surface area contributed by atoms with Crippen LogP contribution in [0, 0.1) is 5.92 Å². The number of anilines is 1. The lowest BCUT2D eigenvalue weighted by Gasteiger charge is -2.31. The van der Waals surface area contributed by atoms with Gasteiger partial charge in [0.1, 0.15) is 5.00 Å². The number of carbonyl (C=O) groups is 2. The van der Waals surface area contributed by atoms with Crippen molar-refractivity contribution in [3.8, 4) is 0 Å². The number of nitrogens with one attached hydrogen (secondary N) is 1. The molecule has 1 aliphatic heterocycles. The normalized spacial score (nSPS) is 18.9. The fourth-order valence-electron chi connectivity index (χ4n) is 4.53. The molecule has 11 heteroatoms. The van der Waals surface area contributed by atoms with E-state index >= 15 is 0 Å². The number of nitrogens with zero attached hydrogens (tertiary/aromatic N) is 1. The molecule has 1 atom stereocenters. The minimum Gasteiger partial charge on any atom is -0.465 e. The Kier molecular flexibility index (Phi) is 7.89. The van der Waals surface area contributed by atoms with Crippen molar-refractivity contribution in [2.75, 3.05) is 25.5 Å². The van der Waals surface area contributed by atoms with Crippen LogP contribution in [0.1, 0.15) is 52.0 Å². The maximum Gasteiger partial charge on any atom is 0.341 e. The molecule has 1 aliphatic carbocycles. The number of thiophene rings is 1. The van der Waals surface area contributed by atoms with Crippen LogP contribution in [0.5, 0.6) is 0 Å². The number of sulfonamides is 1. The number of piperidine rings is 1. The van der Waals surface area contributed by atoms with Crippen LogP contribution in [0.2, 0.25) is 10.0 Å². The maximum absolute atomic E-state index is 13.1. The summed E-state index contributed by atoms with van der Waals surface area (Å²) in [7, 11) is -2.32. The number of fused-ring (bicyclic) bond motifs is 1. The lowest BCUT2D eigenvalue weighted by atomic mass is 9.95. The summed E-state index contributed by atoms with van der Waals surface area (Å²) >= 11 is 13.4. The summed E-state index contributed by atoms with van der Waals surface area (Å²) in [6, 6.07) is 4.75. The molecule has 0 bridgehead atoms. The zero-order valence-electron chi connectivity index (χ0n) is 18.7. The molecule has 1 fully saturated rings. The fourth-order valence-corrected chi connectivity index (χ4v) is 7.73. The van der Waals surface area contributed by atoms with Crippen molar-refractivity contribution >= 4 is 61.4 Å². The molecule has 0 saturated carbocycles. The Morgan fingerprint density at radius 1 is 1.18 bits per heavy atom. The van der Waals surface area contributed by atoms with Crippen molar-refractivity contribution in [3.63, 3.8) is 0 Å². The van der Waals surface area contributed by atoms with Gasteiger partial charge in [-0.25, -0.2) is 17.5 Å². The van der Waals surface area contributed by atoms with E-state index in [9.17, 15) is 18.0 Å². The van der Waals surface area contributed by atoms with Crippen LogP contribution in [-0.4, -0.2) is 44.8 Å². The van der Waals surface area contributed by atoms with E-state index in [0.29, 0.717) is 45.6 Å². The van der Waals surface area contributed by atoms with Crippen molar-refractivity contribution in [3.05, 3.63) is 49.8 Å². The number of carbonyl (C=O) groups excluding carboxylic acids is 2. The van der Waals surface area contributed by atoms with Gasteiger partial charge in [-0.05, 0) is 61.8 Å². The largest absolute Gasteiger partial charge is 0.465 e. The Morgan fingerprint density at radius 3 is 2.68 bits per heavy atom. The third kappa shape index (κ3) is 5.44. The molecule has 1 saturated heterocycles. The fraction of sp³-hybridized carbons (Fsp3) is 0.478. The number of hydrogen-bond donors (Lipinski definition) is 1. The lowest BCUT2D eigenvalue weighted by Crippen LogP contribution is -2.44. The van der Waals surface area contributed by atoms with Crippen LogP contribution in [0.4, 0.5) is 5.00 Å². The van der Waals surface area contributed by atoms with Gasteiger partial charge in [0.25, 0.3) is 0 Å². The van der Waals surface area contributed by atoms with Crippen LogP contribution in [0.15, 0.2) is 18.2 Å². The lowest BCUT2D eigenvalue weighted by molar-refractivity contribution is -0.120. The standard InChI is InChI=1S/C23H26Cl2N2O5S2/c1-32-23(29)20-16-6-2-3-7-19(16)33-22(20)26-21(28)15-5-4-10-27(12-15)34(30,31)13-14-8-9-17(24)18(25)11-14/h8-9,11,15H,2-7,10,12-13H2,1H3,(H,26,28)/t15-/m1/s1. The number of rotatable bonds is 6. The molecule has 2 aromatic rings. The van der Waals surface area contributed by atoms with E-state index < -0.39 is 21.9 Å². The Balaban J connectivity index is 1.48. The molecular weight excluding hydrogens is 519 g/mol. The minimum absolute atomic E-state index is 0.0914. The molecular formula is C23H26Cl2N2O5S2. The van der Waals surface area contributed by atoms with Crippen molar-refractivity contribution < 1.29 is 22.7 Å². The molecule has 1 aromatic heterocycles. The molecule has 0 unspecified atom stereocenters. The number of methoxy groups -OCH3 is 1. The summed E-state index contributed by atoms with van der Waals surface area (Å²) in [5, 5.41) is 4.07. The van der Waals surface area contributed by atoms with Crippen LogP contribution in [-0.2, 0) is 38.1 Å². The molecule has 4 rings (SSSR count). The third-order valence-corrected chi connectivity index (χ3v) is 10.0. The van der Waals surface area contributed by atoms with Crippen molar-refractivity contribution in [2.45, 2.75) is 44.3 Å². The second-order valence-corrected chi connectivity index (χ2v) is 12.5. The zero-order valence-corrected chi connectivity index (χ0v) is 21.9. The van der Waals surface area contributed by atoms with E-state index in [1.54, 1.807) is 18.2 Å². The van der Waals surface area contributed by atoms with Gasteiger partial charge in [0, 0.05) is 18.0 Å². The first-order chi connectivity index (χ1) is 16.2. The van der Waals surface area contributed by atoms with E-state index in [4.69, 9.17) is 27.9 Å². The summed E-state index contributed by atoms with van der Waals surface area (Å²) in [4.78, 5) is 26.7. The van der Waals surface area contributed by atoms with E-state index in [2.05, 4.69) is 5.32 Å². The maximum atomic E-state index is 13.1. The second-order valence-electron chi connectivity index (χ2n) is 8.60. The van der Waals surface area contributed by atoms with Gasteiger partial charge in [0.15, 0.2) is 0 Å². The summed E-state index contributed by atoms with van der Waals surface area (Å²) < 4.78 is 32.4. The third-order valence-electron chi connectivity index (χ3n) is 6.28. The van der Waals surface area contributed by atoms with Gasteiger partial charge in [-0.3, -0.25) is 4.79 Å². The van der Waals surface area contributed by atoms with Crippen LogP contribution >= 0.6 is 34.5 Å². The average Bonchev–Trinajstić information content (AvgIpc) is 3.18. The zero-order chi connectivity index (χ0) is 24.5. The average molecular weight is 546 g/mol. The summed E-state index contributed by atoms with van der Waals surface area (Å²) in [6.07, 6.45) is 4.86. The molecule has 2 aliphatic rings. The van der Waals surface area contributed by atoms with Crippen LogP contribution < -0.4 is 5.32 Å². The van der Waals surface area contributed by atoms with Crippen molar-refractivity contribution in [1.29, 1.82) is 0 Å².